The molecule has 2 heteroatoms. The Labute approximate surface area is 126 Å². The molecule has 0 aromatic carbocycles. The first-order valence-electron chi connectivity index (χ1n) is 9.20. The van der Waals surface area contributed by atoms with Gasteiger partial charge in [0.25, 0.3) is 0 Å². The van der Waals surface area contributed by atoms with Crippen LogP contribution in [-0.2, 0) is 4.74 Å². The van der Waals surface area contributed by atoms with Crippen LogP contribution in [0.15, 0.2) is 0 Å². The Morgan fingerprint density at radius 2 is 1.35 bits per heavy atom. The summed E-state index contributed by atoms with van der Waals surface area (Å²) in [5.41, 5.74) is 0. The predicted octanol–water partition coefficient (Wildman–Crippen LogP) is 4.67. The lowest BCUT2D eigenvalue weighted by Crippen LogP contribution is -2.41. The van der Waals surface area contributed by atoms with Crippen molar-refractivity contribution >= 4 is 0 Å². The van der Waals surface area contributed by atoms with Crippen LogP contribution >= 0.6 is 0 Å². The van der Waals surface area contributed by atoms with Gasteiger partial charge in [-0.25, -0.2) is 0 Å². The minimum atomic E-state index is 0.635. The van der Waals surface area contributed by atoms with E-state index < -0.39 is 0 Å². The molecule has 1 aliphatic heterocycles. The van der Waals surface area contributed by atoms with Crippen LogP contribution in [0.4, 0.5) is 0 Å². The first-order valence-corrected chi connectivity index (χ1v) is 9.20. The molecule has 1 N–H and O–H groups in total. The molecule has 118 valence electrons. The van der Waals surface area contributed by atoms with E-state index >= 15 is 0 Å². The van der Waals surface area contributed by atoms with E-state index in [9.17, 15) is 0 Å². The van der Waals surface area contributed by atoms with Crippen LogP contribution in [0.25, 0.3) is 0 Å². The van der Waals surface area contributed by atoms with Crippen LogP contribution in [0.2, 0.25) is 0 Å². The van der Waals surface area contributed by atoms with Crippen LogP contribution < -0.4 is 5.32 Å². The Hall–Kier alpha value is -0.0800. The highest BCUT2D eigenvalue weighted by Gasteiger charge is 2.24. The van der Waals surface area contributed by atoms with E-state index in [1.807, 2.05) is 0 Å². The molecule has 2 rings (SSSR count). The van der Waals surface area contributed by atoms with Gasteiger partial charge < -0.3 is 10.1 Å². The molecule has 1 heterocycles. The molecule has 2 nitrogen and oxygen atoms in total. The van der Waals surface area contributed by atoms with E-state index in [4.69, 9.17) is 4.74 Å². The van der Waals surface area contributed by atoms with Crippen molar-refractivity contribution in [2.24, 2.45) is 5.92 Å². The number of nitrogens with one attached hydrogen (secondary N) is 1. The summed E-state index contributed by atoms with van der Waals surface area (Å²) in [5.74, 6) is 0.747. The maximum Gasteiger partial charge on any atom is 0.0509 e. The van der Waals surface area contributed by atoms with Gasteiger partial charge in [0.15, 0.2) is 0 Å². The summed E-state index contributed by atoms with van der Waals surface area (Å²) in [5, 5.41) is 3.93. The average Bonchev–Trinajstić information content (AvgIpc) is 2.96. The van der Waals surface area contributed by atoms with Crippen LogP contribution in [0.1, 0.15) is 84.0 Å². The zero-order valence-electron chi connectivity index (χ0n) is 13.5. The molecule has 2 aliphatic rings. The predicted molar refractivity (Wildman–Crippen MR) is 86.1 cm³/mol. The highest BCUT2D eigenvalue weighted by Crippen LogP contribution is 2.20. The molecule has 0 bridgehead atoms. The molecule has 20 heavy (non-hydrogen) atoms. The standard InChI is InChI=1S/C18H35NO/c1-16(17-13-14-20-15-17)19-18-11-9-7-5-3-2-4-6-8-10-12-18/h16-19H,2-15H2,1H3. The van der Waals surface area contributed by atoms with Gasteiger partial charge in [-0.2, -0.15) is 0 Å². The van der Waals surface area contributed by atoms with Crippen molar-refractivity contribution in [1.29, 1.82) is 0 Å². The lowest BCUT2D eigenvalue weighted by Gasteiger charge is -2.27. The number of ether oxygens (including phenoxy) is 1. The fourth-order valence-electron chi connectivity index (χ4n) is 3.78. The summed E-state index contributed by atoms with van der Waals surface area (Å²) in [4.78, 5) is 0. The van der Waals surface area contributed by atoms with E-state index in [0.717, 1.165) is 25.2 Å². The maximum atomic E-state index is 5.54. The Morgan fingerprint density at radius 1 is 0.800 bits per heavy atom. The summed E-state index contributed by atoms with van der Waals surface area (Å²) >= 11 is 0. The fraction of sp³-hybridized carbons (Fsp3) is 1.00. The van der Waals surface area contributed by atoms with Gasteiger partial charge in [-0.15, -0.1) is 0 Å². The van der Waals surface area contributed by atoms with Crippen molar-refractivity contribution in [3.63, 3.8) is 0 Å². The molecule has 0 aromatic heterocycles. The Kier molecular flexibility index (Phi) is 7.97. The van der Waals surface area contributed by atoms with Crippen LogP contribution in [0.3, 0.4) is 0 Å². The summed E-state index contributed by atoms with van der Waals surface area (Å²) < 4.78 is 5.54. The SMILES string of the molecule is CC(NC1CCCCCCCCCCC1)C1CCOC1. The van der Waals surface area contributed by atoms with Crippen molar-refractivity contribution in [3.05, 3.63) is 0 Å². The molecule has 1 saturated heterocycles. The topological polar surface area (TPSA) is 21.3 Å². The van der Waals surface area contributed by atoms with E-state index in [1.165, 1.54) is 77.0 Å². The molecular formula is C18H35NO. The van der Waals surface area contributed by atoms with E-state index in [2.05, 4.69) is 12.2 Å². The number of rotatable bonds is 3. The first-order chi connectivity index (χ1) is 9.86. The Bertz CT molecular complexity index is 226. The molecule has 1 aliphatic carbocycles. The van der Waals surface area contributed by atoms with Gasteiger partial charge in [0.2, 0.25) is 0 Å². The van der Waals surface area contributed by atoms with Crippen LogP contribution in [0, 0.1) is 5.92 Å². The summed E-state index contributed by atoms with van der Waals surface area (Å²) in [6.45, 7) is 4.32. The minimum Gasteiger partial charge on any atom is -0.381 e. The fourth-order valence-corrected chi connectivity index (χ4v) is 3.78. The molecule has 2 unspecified atom stereocenters. The second kappa shape index (κ2) is 9.78. The van der Waals surface area contributed by atoms with Gasteiger partial charge >= 0.3 is 0 Å². The van der Waals surface area contributed by atoms with Gasteiger partial charge in [0, 0.05) is 18.7 Å². The van der Waals surface area contributed by atoms with Gasteiger partial charge in [-0.1, -0.05) is 57.8 Å². The highest BCUT2D eigenvalue weighted by molar-refractivity contribution is 4.80. The zero-order valence-corrected chi connectivity index (χ0v) is 13.5. The third-order valence-electron chi connectivity index (χ3n) is 5.28. The number of hydrogen-bond donors (Lipinski definition) is 1. The molecule has 0 spiro atoms. The highest BCUT2D eigenvalue weighted by atomic mass is 16.5. The van der Waals surface area contributed by atoms with Crippen LogP contribution in [-0.4, -0.2) is 25.3 Å². The molecule has 0 aromatic rings. The van der Waals surface area contributed by atoms with Gasteiger partial charge in [-0.3, -0.25) is 0 Å². The normalized spacial score (nSPS) is 29.6. The van der Waals surface area contributed by atoms with Crippen molar-refractivity contribution in [2.75, 3.05) is 13.2 Å². The molecule has 1 saturated carbocycles. The van der Waals surface area contributed by atoms with E-state index in [1.54, 1.807) is 0 Å². The molecule has 0 amide bonds. The van der Waals surface area contributed by atoms with Crippen molar-refractivity contribution in [1.82, 2.24) is 5.32 Å². The average molecular weight is 281 g/mol. The van der Waals surface area contributed by atoms with E-state index in [-0.39, 0.29) is 0 Å². The molecular weight excluding hydrogens is 246 g/mol. The summed E-state index contributed by atoms with van der Waals surface area (Å²) in [7, 11) is 0. The lowest BCUT2D eigenvalue weighted by atomic mass is 9.95. The largest absolute Gasteiger partial charge is 0.381 e. The van der Waals surface area contributed by atoms with Gasteiger partial charge in [-0.05, 0) is 32.1 Å². The number of hydrogen-bond acceptors (Lipinski definition) is 2. The monoisotopic (exact) mass is 281 g/mol. The zero-order chi connectivity index (χ0) is 14.0. The molecule has 0 radical (unpaired) electrons. The molecule has 2 fully saturated rings. The smallest absolute Gasteiger partial charge is 0.0509 e. The van der Waals surface area contributed by atoms with Gasteiger partial charge in [0.05, 0.1) is 6.61 Å². The second-order valence-corrected chi connectivity index (χ2v) is 7.04. The van der Waals surface area contributed by atoms with Crippen molar-refractivity contribution < 1.29 is 4.74 Å². The summed E-state index contributed by atoms with van der Waals surface area (Å²) in [6, 6.07) is 1.39. The Balaban J connectivity index is 1.73. The van der Waals surface area contributed by atoms with Gasteiger partial charge in [0.1, 0.15) is 0 Å². The lowest BCUT2D eigenvalue weighted by molar-refractivity contribution is 0.175. The quantitative estimate of drug-likeness (QED) is 0.811. The third kappa shape index (κ3) is 6.13. The summed E-state index contributed by atoms with van der Waals surface area (Å²) in [6.07, 6.45) is 17.1. The molecule has 2 atom stereocenters. The minimum absolute atomic E-state index is 0.635. The van der Waals surface area contributed by atoms with Crippen molar-refractivity contribution in [2.45, 2.75) is 96.1 Å². The first kappa shape index (κ1) is 16.3. The Morgan fingerprint density at radius 3 is 1.85 bits per heavy atom. The second-order valence-electron chi connectivity index (χ2n) is 7.04. The van der Waals surface area contributed by atoms with Crippen LogP contribution in [0.5, 0.6) is 0 Å². The maximum absolute atomic E-state index is 5.54. The third-order valence-corrected chi connectivity index (χ3v) is 5.28. The van der Waals surface area contributed by atoms with Crippen molar-refractivity contribution in [3.8, 4) is 0 Å². The van der Waals surface area contributed by atoms with E-state index in [0.29, 0.717) is 6.04 Å².